The van der Waals surface area contributed by atoms with E-state index in [0.29, 0.717) is 17.3 Å². The van der Waals surface area contributed by atoms with Gasteiger partial charge in [-0.15, -0.1) is 0 Å². The van der Waals surface area contributed by atoms with Crippen LogP contribution in [-0.2, 0) is 20.4 Å². The number of aromatic nitrogens is 2. The zero-order valence-corrected chi connectivity index (χ0v) is 20.1. The molecule has 3 aromatic rings. The third-order valence-corrected chi connectivity index (χ3v) is 5.78. The van der Waals surface area contributed by atoms with E-state index in [0.717, 1.165) is 13.2 Å². The summed E-state index contributed by atoms with van der Waals surface area (Å²) < 4.78 is 49.8. The minimum Gasteiger partial charge on any atom is -0.465 e. The number of methoxy groups -OCH3 is 2. The van der Waals surface area contributed by atoms with Gasteiger partial charge < -0.3 is 14.8 Å². The minimum atomic E-state index is -4.73. The van der Waals surface area contributed by atoms with Crippen molar-refractivity contribution in [3.05, 3.63) is 71.4 Å². The molecule has 1 atom stereocenters. The van der Waals surface area contributed by atoms with Gasteiger partial charge in [0, 0.05) is 5.56 Å². The van der Waals surface area contributed by atoms with Crippen LogP contribution in [0, 0.1) is 0 Å². The molecule has 0 aliphatic heterocycles. The van der Waals surface area contributed by atoms with E-state index in [1.165, 1.54) is 32.2 Å². The average Bonchev–Trinajstić information content (AvgIpc) is 2.87. The van der Waals surface area contributed by atoms with E-state index in [2.05, 4.69) is 20.0 Å². The fourth-order valence-electron chi connectivity index (χ4n) is 3.01. The first-order valence-electron chi connectivity index (χ1n) is 10.3. The molecule has 1 heterocycles. The van der Waals surface area contributed by atoms with Gasteiger partial charge in [-0.25, -0.2) is 19.6 Å². The fraction of sp³-hybridized carbons (Fsp3) is 0.208. The van der Waals surface area contributed by atoms with Crippen LogP contribution >= 0.6 is 11.8 Å². The molecule has 12 heteroatoms. The first kappa shape index (κ1) is 26.7. The Morgan fingerprint density at radius 2 is 1.61 bits per heavy atom. The van der Waals surface area contributed by atoms with Gasteiger partial charge in [0.05, 0.1) is 42.0 Å². The number of hydrogen-bond donors (Lipinski definition) is 1. The summed E-state index contributed by atoms with van der Waals surface area (Å²) in [5.74, 6) is -2.14. The average molecular weight is 520 g/mol. The summed E-state index contributed by atoms with van der Waals surface area (Å²) in [4.78, 5) is 44.6. The van der Waals surface area contributed by atoms with E-state index >= 15 is 0 Å². The summed E-state index contributed by atoms with van der Waals surface area (Å²) in [6.45, 7) is 1.44. The maximum absolute atomic E-state index is 13.5. The molecule has 0 unspecified atom stereocenters. The second-order valence-corrected chi connectivity index (χ2v) is 8.59. The number of anilines is 1. The molecule has 36 heavy (non-hydrogen) atoms. The summed E-state index contributed by atoms with van der Waals surface area (Å²) in [5.41, 5.74) is -0.646. The number of rotatable bonds is 7. The lowest BCUT2D eigenvalue weighted by Gasteiger charge is -2.15. The van der Waals surface area contributed by atoms with Gasteiger partial charge in [0.15, 0.2) is 5.16 Å². The quantitative estimate of drug-likeness (QED) is 0.268. The van der Waals surface area contributed by atoms with Crippen molar-refractivity contribution < 1.29 is 37.0 Å². The lowest BCUT2D eigenvalue weighted by molar-refractivity contribution is -0.141. The van der Waals surface area contributed by atoms with E-state index in [4.69, 9.17) is 4.74 Å². The number of alkyl halides is 3. The molecule has 0 aliphatic rings. The monoisotopic (exact) mass is 519 g/mol. The van der Waals surface area contributed by atoms with E-state index in [1.54, 1.807) is 30.3 Å². The Labute approximate surface area is 208 Å². The highest BCUT2D eigenvalue weighted by Crippen LogP contribution is 2.33. The van der Waals surface area contributed by atoms with Crippen molar-refractivity contribution in [2.45, 2.75) is 23.5 Å². The SMILES string of the molecule is COC(=O)c1ccc(C(=O)OC)c(NC(=O)[C@@H](C)Sc2nc(-c3ccccc3)cc(C(F)(F)F)n2)c1. The lowest BCUT2D eigenvalue weighted by Crippen LogP contribution is -2.24. The summed E-state index contributed by atoms with van der Waals surface area (Å²) in [7, 11) is 2.32. The number of nitrogens with one attached hydrogen (secondary N) is 1. The van der Waals surface area contributed by atoms with E-state index in [9.17, 15) is 27.6 Å². The van der Waals surface area contributed by atoms with Gasteiger partial charge >= 0.3 is 18.1 Å². The second-order valence-electron chi connectivity index (χ2n) is 7.28. The second kappa shape index (κ2) is 11.2. The molecule has 0 fully saturated rings. The van der Waals surface area contributed by atoms with Crippen molar-refractivity contribution in [2.75, 3.05) is 19.5 Å². The highest BCUT2D eigenvalue weighted by Gasteiger charge is 2.34. The topological polar surface area (TPSA) is 107 Å². The summed E-state index contributed by atoms with van der Waals surface area (Å²) in [6, 6.07) is 12.9. The number of carbonyl (C=O) groups is 3. The molecule has 2 aromatic carbocycles. The third kappa shape index (κ3) is 6.39. The van der Waals surface area contributed by atoms with Gasteiger partial charge in [-0.1, -0.05) is 42.1 Å². The van der Waals surface area contributed by atoms with Crippen LogP contribution in [0.3, 0.4) is 0 Å². The zero-order valence-electron chi connectivity index (χ0n) is 19.3. The van der Waals surface area contributed by atoms with Crippen LogP contribution < -0.4 is 5.32 Å². The molecule has 0 saturated heterocycles. The number of benzene rings is 2. The summed E-state index contributed by atoms with van der Waals surface area (Å²) in [5, 5.41) is 1.27. The first-order valence-corrected chi connectivity index (χ1v) is 11.2. The minimum absolute atomic E-state index is 0.0302. The Morgan fingerprint density at radius 3 is 2.22 bits per heavy atom. The number of amides is 1. The van der Waals surface area contributed by atoms with Crippen LogP contribution in [0.25, 0.3) is 11.3 Å². The third-order valence-electron chi connectivity index (χ3n) is 4.82. The largest absolute Gasteiger partial charge is 0.465 e. The van der Waals surface area contributed by atoms with Crippen LogP contribution in [-0.4, -0.2) is 47.3 Å². The van der Waals surface area contributed by atoms with Crippen molar-refractivity contribution in [3.8, 4) is 11.3 Å². The number of nitrogens with zero attached hydrogens (tertiary/aromatic N) is 2. The molecule has 1 amide bonds. The Kier molecular flexibility index (Phi) is 8.30. The van der Waals surface area contributed by atoms with Crippen LogP contribution in [0.1, 0.15) is 33.3 Å². The van der Waals surface area contributed by atoms with E-state index in [1.807, 2.05) is 0 Å². The van der Waals surface area contributed by atoms with Crippen molar-refractivity contribution in [1.82, 2.24) is 9.97 Å². The summed E-state index contributed by atoms with van der Waals surface area (Å²) >= 11 is 0.703. The molecule has 0 bridgehead atoms. The molecule has 1 N–H and O–H groups in total. The molecule has 0 spiro atoms. The van der Waals surface area contributed by atoms with E-state index in [-0.39, 0.29) is 27.7 Å². The predicted octanol–water partition coefficient (Wildman–Crippen LogP) is 4.85. The lowest BCUT2D eigenvalue weighted by atomic mass is 10.1. The van der Waals surface area contributed by atoms with Gasteiger partial charge in [-0.2, -0.15) is 13.2 Å². The van der Waals surface area contributed by atoms with Gasteiger partial charge in [-0.05, 0) is 31.2 Å². The molecular formula is C24H20F3N3O5S. The van der Waals surface area contributed by atoms with Crippen LogP contribution in [0.15, 0.2) is 59.8 Å². The maximum Gasteiger partial charge on any atom is 0.433 e. The molecule has 0 aliphatic carbocycles. The maximum atomic E-state index is 13.5. The van der Waals surface area contributed by atoms with Crippen molar-refractivity contribution >= 4 is 35.3 Å². The standard InChI is InChI=1S/C24H20F3N3O5S/c1-13(20(31)28-18-11-15(21(32)34-2)9-10-16(18)22(33)35-3)36-23-29-17(14-7-5-4-6-8-14)12-19(30-23)24(25,26)27/h4-13H,1-3H3,(H,28,31)/t13-/m1/s1. The van der Waals surface area contributed by atoms with Crippen molar-refractivity contribution in [3.63, 3.8) is 0 Å². The van der Waals surface area contributed by atoms with Crippen LogP contribution in [0.5, 0.6) is 0 Å². The molecule has 0 saturated carbocycles. The molecule has 188 valence electrons. The van der Waals surface area contributed by atoms with Gasteiger partial charge in [0.1, 0.15) is 5.69 Å². The Balaban J connectivity index is 1.89. The molecule has 3 rings (SSSR count). The number of esters is 2. The number of thioether (sulfide) groups is 1. The van der Waals surface area contributed by atoms with Gasteiger partial charge in [0.25, 0.3) is 0 Å². The Hall–Kier alpha value is -3.93. The normalized spacial score (nSPS) is 11.9. The molecule has 1 aromatic heterocycles. The predicted molar refractivity (Wildman–Crippen MR) is 126 cm³/mol. The highest BCUT2D eigenvalue weighted by molar-refractivity contribution is 8.00. The molecule has 0 radical (unpaired) electrons. The highest BCUT2D eigenvalue weighted by atomic mass is 32.2. The first-order chi connectivity index (χ1) is 17.0. The van der Waals surface area contributed by atoms with Gasteiger partial charge in [-0.3, -0.25) is 4.79 Å². The smallest absolute Gasteiger partial charge is 0.433 e. The number of hydrogen-bond acceptors (Lipinski definition) is 8. The zero-order chi connectivity index (χ0) is 26.5. The summed E-state index contributed by atoms with van der Waals surface area (Å²) in [6.07, 6.45) is -4.73. The Morgan fingerprint density at radius 1 is 0.944 bits per heavy atom. The molecular weight excluding hydrogens is 499 g/mol. The van der Waals surface area contributed by atoms with Crippen LogP contribution in [0.4, 0.5) is 18.9 Å². The van der Waals surface area contributed by atoms with Crippen molar-refractivity contribution in [2.24, 2.45) is 0 Å². The molecule has 8 nitrogen and oxygen atoms in total. The number of carbonyl (C=O) groups excluding carboxylic acids is 3. The number of ether oxygens (including phenoxy) is 2. The number of halogens is 3. The fourth-order valence-corrected chi connectivity index (χ4v) is 3.79. The van der Waals surface area contributed by atoms with E-state index < -0.39 is 35.0 Å². The van der Waals surface area contributed by atoms with Crippen molar-refractivity contribution in [1.29, 1.82) is 0 Å². The van der Waals surface area contributed by atoms with Crippen LogP contribution in [0.2, 0.25) is 0 Å². The van der Waals surface area contributed by atoms with Gasteiger partial charge in [0.2, 0.25) is 5.91 Å². The Bertz CT molecular complexity index is 1290.